The van der Waals surface area contributed by atoms with Gasteiger partial charge in [-0.15, -0.1) is 0 Å². The van der Waals surface area contributed by atoms with Gasteiger partial charge in [-0.3, -0.25) is 5.32 Å². The zero-order valence-corrected chi connectivity index (χ0v) is 7.30. The van der Waals surface area contributed by atoms with E-state index in [-0.39, 0.29) is 11.6 Å². The lowest BCUT2D eigenvalue weighted by atomic mass is 10.1. The van der Waals surface area contributed by atoms with Crippen molar-refractivity contribution in [3.8, 4) is 0 Å². The molecule has 2 amide bonds. The van der Waals surface area contributed by atoms with E-state index < -0.39 is 11.7 Å². The number of halogens is 1. The lowest BCUT2D eigenvalue weighted by molar-refractivity contribution is 0.205. The summed E-state index contributed by atoms with van der Waals surface area (Å²) in [6.07, 6.45) is 0. The van der Waals surface area contributed by atoms with Crippen molar-refractivity contribution in [2.75, 3.05) is 5.32 Å². The van der Waals surface area contributed by atoms with Crippen LogP contribution in [0.25, 0.3) is 0 Å². The van der Waals surface area contributed by atoms with Gasteiger partial charge in [0.25, 0.3) is 0 Å². The van der Waals surface area contributed by atoms with Gasteiger partial charge in [0, 0.05) is 6.07 Å². The number of aromatic nitrogens is 1. The van der Waals surface area contributed by atoms with Crippen LogP contribution >= 0.6 is 0 Å². The lowest BCUT2D eigenvalue weighted by Gasteiger charge is -2.07. The first-order chi connectivity index (χ1) is 5.89. The Bertz CT molecular complexity index is 316. The van der Waals surface area contributed by atoms with Gasteiger partial charge in [-0.2, -0.15) is 0 Å². The number of rotatable bonds is 2. The Hall–Kier alpha value is -1.59. The first-order valence-corrected chi connectivity index (χ1v) is 3.62. The molecule has 0 aliphatic heterocycles. The molecule has 0 aromatic carbocycles. The maximum Gasteiger partial charge on any atom is 0.319 e. The molecule has 0 fully saturated rings. The minimum Gasteiger partial charge on any atom is -0.351 e. The molecule has 0 saturated heterocycles. The number of amides is 2. The van der Waals surface area contributed by atoms with Crippen molar-refractivity contribution < 1.29 is 13.7 Å². The van der Waals surface area contributed by atoms with Gasteiger partial charge >= 0.3 is 6.03 Å². The predicted molar refractivity (Wildman–Crippen MR) is 43.8 cm³/mol. The Balaban J connectivity index is 2.81. The number of nitrogens with zero attached hydrogens (tertiary/aromatic N) is 1. The molecule has 3 N–H and O–H groups in total. The molecule has 0 bridgehead atoms. The number of urea groups is 1. The number of alkyl halides is 1. The van der Waals surface area contributed by atoms with Crippen molar-refractivity contribution in [3.05, 3.63) is 11.8 Å². The summed E-state index contributed by atoms with van der Waals surface area (Å²) >= 11 is 0. The van der Waals surface area contributed by atoms with Crippen molar-refractivity contribution in [2.45, 2.75) is 19.5 Å². The second kappa shape index (κ2) is 3.04. The Morgan fingerprint density at radius 1 is 1.77 bits per heavy atom. The van der Waals surface area contributed by atoms with Crippen LogP contribution in [0, 0.1) is 0 Å². The highest BCUT2D eigenvalue weighted by Gasteiger charge is 2.23. The van der Waals surface area contributed by atoms with Gasteiger partial charge in [-0.25, -0.2) is 9.18 Å². The molecule has 0 aliphatic carbocycles. The van der Waals surface area contributed by atoms with Crippen molar-refractivity contribution in [2.24, 2.45) is 5.73 Å². The van der Waals surface area contributed by atoms with Crippen LogP contribution in [0.5, 0.6) is 0 Å². The molecule has 1 aromatic heterocycles. The van der Waals surface area contributed by atoms with E-state index in [0.29, 0.717) is 0 Å². The van der Waals surface area contributed by atoms with Crippen molar-refractivity contribution >= 4 is 11.9 Å². The van der Waals surface area contributed by atoms with E-state index >= 15 is 0 Å². The first-order valence-electron chi connectivity index (χ1n) is 3.62. The summed E-state index contributed by atoms with van der Waals surface area (Å²) in [6, 6.07) is 0.504. The smallest absolute Gasteiger partial charge is 0.319 e. The van der Waals surface area contributed by atoms with E-state index in [1.54, 1.807) is 0 Å². The average Bonchev–Trinajstić information content (AvgIpc) is 2.32. The van der Waals surface area contributed by atoms with Gasteiger partial charge in [0.15, 0.2) is 5.67 Å². The number of hydrogen-bond acceptors (Lipinski definition) is 3. The fraction of sp³-hybridized carbons (Fsp3) is 0.429. The normalized spacial score (nSPS) is 11.3. The van der Waals surface area contributed by atoms with Crippen LogP contribution in [0.4, 0.5) is 15.1 Å². The van der Waals surface area contributed by atoms with Gasteiger partial charge in [0.2, 0.25) is 5.88 Å². The topological polar surface area (TPSA) is 81.1 Å². The van der Waals surface area contributed by atoms with Crippen LogP contribution in [0.2, 0.25) is 0 Å². The molecule has 6 heteroatoms. The Morgan fingerprint density at radius 2 is 2.38 bits per heavy atom. The molecule has 0 unspecified atom stereocenters. The molecular weight excluding hydrogens is 177 g/mol. The number of hydrogen-bond donors (Lipinski definition) is 2. The van der Waals surface area contributed by atoms with Gasteiger partial charge in [0.05, 0.1) is 0 Å². The minimum atomic E-state index is -1.60. The van der Waals surface area contributed by atoms with Crippen LogP contribution in [0.3, 0.4) is 0 Å². The van der Waals surface area contributed by atoms with Crippen molar-refractivity contribution in [3.63, 3.8) is 0 Å². The van der Waals surface area contributed by atoms with E-state index in [2.05, 4.69) is 15.0 Å². The van der Waals surface area contributed by atoms with Crippen LogP contribution in [0.15, 0.2) is 10.6 Å². The van der Waals surface area contributed by atoms with Crippen LogP contribution in [0.1, 0.15) is 19.5 Å². The molecule has 13 heavy (non-hydrogen) atoms. The van der Waals surface area contributed by atoms with Crippen LogP contribution in [-0.4, -0.2) is 11.2 Å². The molecule has 0 radical (unpaired) electrons. The van der Waals surface area contributed by atoms with E-state index in [0.717, 1.165) is 0 Å². The number of carbonyl (C=O) groups excluding carboxylic acids is 1. The van der Waals surface area contributed by atoms with E-state index in [9.17, 15) is 9.18 Å². The molecule has 72 valence electrons. The molecule has 5 nitrogen and oxygen atoms in total. The summed E-state index contributed by atoms with van der Waals surface area (Å²) in [4.78, 5) is 10.4. The zero-order chi connectivity index (χ0) is 10.1. The third kappa shape index (κ3) is 2.43. The Morgan fingerprint density at radius 3 is 2.77 bits per heavy atom. The molecular formula is C7H10FN3O2. The molecule has 1 heterocycles. The largest absolute Gasteiger partial charge is 0.351 e. The zero-order valence-electron chi connectivity index (χ0n) is 7.30. The maximum absolute atomic E-state index is 13.2. The highest BCUT2D eigenvalue weighted by molar-refractivity contribution is 5.86. The summed E-state index contributed by atoms with van der Waals surface area (Å²) in [6.45, 7) is 2.66. The van der Waals surface area contributed by atoms with Gasteiger partial charge in [0.1, 0.15) is 5.69 Å². The monoisotopic (exact) mass is 187 g/mol. The second-order valence-electron chi connectivity index (χ2n) is 3.04. The molecule has 0 saturated carbocycles. The number of nitrogens with two attached hydrogens (primary N) is 1. The fourth-order valence-corrected chi connectivity index (χ4v) is 0.736. The van der Waals surface area contributed by atoms with Crippen molar-refractivity contribution in [1.29, 1.82) is 0 Å². The number of anilines is 1. The summed E-state index contributed by atoms with van der Waals surface area (Å²) in [5.74, 6) is 0.0354. The average molecular weight is 187 g/mol. The van der Waals surface area contributed by atoms with Crippen LogP contribution < -0.4 is 11.1 Å². The van der Waals surface area contributed by atoms with E-state index in [4.69, 9.17) is 5.73 Å². The molecule has 1 rings (SSSR count). The first kappa shape index (κ1) is 9.50. The highest BCUT2D eigenvalue weighted by Crippen LogP contribution is 2.25. The molecule has 0 atom stereocenters. The SMILES string of the molecule is CC(C)(F)c1cc(NC(N)=O)on1. The number of carbonyl (C=O) groups is 1. The fourth-order valence-electron chi connectivity index (χ4n) is 0.736. The third-order valence-corrected chi connectivity index (χ3v) is 1.37. The minimum absolute atomic E-state index is 0.0354. The highest BCUT2D eigenvalue weighted by atomic mass is 19.1. The molecule has 0 spiro atoms. The lowest BCUT2D eigenvalue weighted by Crippen LogP contribution is -2.18. The Kier molecular flexibility index (Phi) is 2.22. The number of nitrogens with one attached hydrogen (secondary N) is 1. The summed E-state index contributed by atoms with van der Waals surface area (Å²) in [7, 11) is 0. The van der Waals surface area contributed by atoms with Crippen LogP contribution in [-0.2, 0) is 5.67 Å². The Labute approximate surface area is 74.1 Å². The third-order valence-electron chi connectivity index (χ3n) is 1.37. The van der Waals surface area contributed by atoms with Crippen molar-refractivity contribution in [1.82, 2.24) is 5.16 Å². The summed E-state index contributed by atoms with van der Waals surface area (Å²) in [5, 5.41) is 5.56. The van der Waals surface area contributed by atoms with E-state index in [1.165, 1.54) is 19.9 Å². The quantitative estimate of drug-likeness (QED) is 0.733. The summed E-state index contributed by atoms with van der Waals surface area (Å²) in [5.41, 5.74) is 3.32. The molecule has 0 aliphatic rings. The maximum atomic E-state index is 13.2. The second-order valence-corrected chi connectivity index (χ2v) is 3.04. The number of primary amides is 1. The van der Waals surface area contributed by atoms with Gasteiger partial charge < -0.3 is 10.3 Å². The molecule has 1 aromatic rings. The summed E-state index contributed by atoms with van der Waals surface area (Å²) < 4.78 is 17.8. The van der Waals surface area contributed by atoms with E-state index in [1.807, 2.05) is 0 Å². The van der Waals surface area contributed by atoms with Gasteiger partial charge in [-0.05, 0) is 13.8 Å². The van der Waals surface area contributed by atoms with Gasteiger partial charge in [-0.1, -0.05) is 5.16 Å². The standard InChI is InChI=1S/C7H10FN3O2/c1-7(2,8)4-3-5(13-11-4)10-6(9)12/h3H,1-2H3,(H3,9,10,12). The predicted octanol–water partition coefficient (Wildman–Crippen LogP) is 1.37.